The molecule has 82 valence electrons. The van der Waals surface area contributed by atoms with Crippen molar-refractivity contribution >= 4 is 17.6 Å². The Bertz CT molecular complexity index is 385. The Morgan fingerprint density at radius 2 is 2.07 bits per heavy atom. The van der Waals surface area contributed by atoms with E-state index in [1.165, 1.54) is 0 Å². The fourth-order valence-electron chi connectivity index (χ4n) is 1.60. The van der Waals surface area contributed by atoms with Crippen LogP contribution in [0.25, 0.3) is 0 Å². The maximum atomic E-state index is 10.7. The van der Waals surface area contributed by atoms with Crippen LogP contribution in [0.2, 0.25) is 5.02 Å². The maximum Gasteiger partial charge on any atom is 0.306 e. The number of carboxylic acid groups (broad SMARTS) is 1. The number of benzene rings is 1. The Morgan fingerprint density at radius 1 is 1.47 bits per heavy atom. The van der Waals surface area contributed by atoms with Crippen LogP contribution in [0.15, 0.2) is 12.1 Å². The summed E-state index contributed by atoms with van der Waals surface area (Å²) >= 11 is 6.12. The third-order valence-corrected chi connectivity index (χ3v) is 2.96. The Kier molecular flexibility index (Phi) is 3.75. The number of halogens is 1. The Balaban J connectivity index is 2.99. The minimum atomic E-state index is -0.787. The molecule has 0 heterocycles. The van der Waals surface area contributed by atoms with Crippen molar-refractivity contribution in [3.8, 4) is 0 Å². The van der Waals surface area contributed by atoms with E-state index in [4.69, 9.17) is 16.7 Å². The zero-order valence-corrected chi connectivity index (χ0v) is 9.93. The predicted octanol–water partition coefficient (Wildman–Crippen LogP) is 3.22. The lowest BCUT2D eigenvalue weighted by Gasteiger charge is -2.11. The SMILES string of the molecule is Cc1cc(C)c(Cl)c(CC(C)C(=O)O)c1. The highest BCUT2D eigenvalue weighted by molar-refractivity contribution is 6.32. The lowest BCUT2D eigenvalue weighted by molar-refractivity contribution is -0.141. The summed E-state index contributed by atoms with van der Waals surface area (Å²) in [7, 11) is 0. The molecule has 0 radical (unpaired) electrons. The number of hydrogen-bond donors (Lipinski definition) is 1. The van der Waals surface area contributed by atoms with Gasteiger partial charge in [0.1, 0.15) is 0 Å². The van der Waals surface area contributed by atoms with Gasteiger partial charge >= 0.3 is 5.97 Å². The molecular formula is C12H15ClO2. The van der Waals surface area contributed by atoms with Crippen LogP contribution in [0.1, 0.15) is 23.6 Å². The van der Waals surface area contributed by atoms with Gasteiger partial charge in [-0.2, -0.15) is 0 Å². The summed E-state index contributed by atoms with van der Waals surface area (Å²) in [4.78, 5) is 10.7. The molecule has 0 fully saturated rings. The first kappa shape index (κ1) is 12.1. The van der Waals surface area contributed by atoms with Gasteiger partial charge in [0.15, 0.2) is 0 Å². The Labute approximate surface area is 94.9 Å². The van der Waals surface area contributed by atoms with Gasteiger partial charge < -0.3 is 5.11 Å². The number of rotatable bonds is 3. The van der Waals surface area contributed by atoms with E-state index in [0.717, 1.165) is 16.7 Å². The summed E-state index contributed by atoms with van der Waals surface area (Å²) in [5.41, 5.74) is 3.04. The molecule has 0 aromatic heterocycles. The van der Waals surface area contributed by atoms with Crippen molar-refractivity contribution in [2.75, 3.05) is 0 Å². The monoisotopic (exact) mass is 226 g/mol. The molecule has 0 saturated carbocycles. The molecule has 1 aromatic carbocycles. The van der Waals surface area contributed by atoms with Crippen LogP contribution in [-0.2, 0) is 11.2 Å². The zero-order valence-electron chi connectivity index (χ0n) is 9.17. The summed E-state index contributed by atoms with van der Waals surface area (Å²) in [6.07, 6.45) is 0.483. The third kappa shape index (κ3) is 2.96. The van der Waals surface area contributed by atoms with E-state index >= 15 is 0 Å². The van der Waals surface area contributed by atoms with Crippen molar-refractivity contribution < 1.29 is 9.90 Å². The molecule has 0 amide bonds. The van der Waals surface area contributed by atoms with E-state index in [1.807, 2.05) is 26.0 Å². The first-order valence-corrected chi connectivity index (χ1v) is 5.28. The average molecular weight is 227 g/mol. The maximum absolute atomic E-state index is 10.7. The van der Waals surface area contributed by atoms with E-state index in [0.29, 0.717) is 11.4 Å². The molecule has 0 aliphatic heterocycles. The first-order chi connectivity index (χ1) is 6.91. The molecule has 0 aliphatic carbocycles. The van der Waals surface area contributed by atoms with Crippen LogP contribution in [-0.4, -0.2) is 11.1 Å². The van der Waals surface area contributed by atoms with Crippen molar-refractivity contribution in [2.24, 2.45) is 5.92 Å². The number of hydrogen-bond acceptors (Lipinski definition) is 1. The molecule has 15 heavy (non-hydrogen) atoms. The first-order valence-electron chi connectivity index (χ1n) is 4.90. The number of carbonyl (C=O) groups is 1. The fourth-order valence-corrected chi connectivity index (χ4v) is 1.79. The standard InChI is InChI=1S/C12H15ClO2/c1-7-4-8(2)11(13)10(5-7)6-9(3)12(14)15/h4-5,9H,6H2,1-3H3,(H,14,15). The van der Waals surface area contributed by atoms with Gasteiger partial charge in [-0.25, -0.2) is 0 Å². The van der Waals surface area contributed by atoms with Crippen molar-refractivity contribution in [1.82, 2.24) is 0 Å². The molecule has 0 bridgehead atoms. The molecule has 2 nitrogen and oxygen atoms in total. The minimum Gasteiger partial charge on any atom is -0.481 e. The fraction of sp³-hybridized carbons (Fsp3) is 0.417. The van der Waals surface area contributed by atoms with Crippen LogP contribution in [0, 0.1) is 19.8 Å². The number of aryl methyl sites for hydroxylation is 2. The molecule has 1 N–H and O–H groups in total. The number of aliphatic carboxylic acids is 1. The average Bonchev–Trinajstić information content (AvgIpc) is 2.13. The summed E-state index contributed by atoms with van der Waals surface area (Å²) < 4.78 is 0. The van der Waals surface area contributed by atoms with Crippen molar-refractivity contribution in [2.45, 2.75) is 27.2 Å². The van der Waals surface area contributed by atoms with Crippen molar-refractivity contribution in [3.05, 3.63) is 33.8 Å². The second-order valence-electron chi connectivity index (χ2n) is 4.00. The third-order valence-electron chi connectivity index (χ3n) is 2.42. The molecule has 1 unspecified atom stereocenters. The van der Waals surface area contributed by atoms with Gasteiger partial charge in [-0.15, -0.1) is 0 Å². The Morgan fingerprint density at radius 3 is 2.60 bits per heavy atom. The topological polar surface area (TPSA) is 37.3 Å². The Hall–Kier alpha value is -1.02. The molecule has 0 spiro atoms. The van der Waals surface area contributed by atoms with Crippen LogP contribution < -0.4 is 0 Å². The molecule has 1 atom stereocenters. The molecule has 0 saturated heterocycles. The highest BCUT2D eigenvalue weighted by Crippen LogP contribution is 2.24. The van der Waals surface area contributed by atoms with Crippen molar-refractivity contribution in [1.29, 1.82) is 0 Å². The lowest BCUT2D eigenvalue weighted by atomic mass is 9.98. The van der Waals surface area contributed by atoms with Gasteiger partial charge in [0.2, 0.25) is 0 Å². The van der Waals surface area contributed by atoms with E-state index in [1.54, 1.807) is 6.92 Å². The van der Waals surface area contributed by atoms with Gasteiger partial charge in [0.25, 0.3) is 0 Å². The molecule has 1 aromatic rings. The lowest BCUT2D eigenvalue weighted by Crippen LogP contribution is -2.12. The second-order valence-corrected chi connectivity index (χ2v) is 4.38. The highest BCUT2D eigenvalue weighted by Gasteiger charge is 2.14. The summed E-state index contributed by atoms with van der Waals surface area (Å²) in [5, 5.41) is 9.52. The van der Waals surface area contributed by atoms with Gasteiger partial charge in [-0.3, -0.25) is 4.79 Å². The summed E-state index contributed by atoms with van der Waals surface area (Å²) in [6, 6.07) is 3.95. The zero-order chi connectivity index (χ0) is 11.6. The molecule has 0 aliphatic rings. The van der Waals surface area contributed by atoms with Crippen LogP contribution in [0.5, 0.6) is 0 Å². The largest absolute Gasteiger partial charge is 0.481 e. The smallest absolute Gasteiger partial charge is 0.306 e. The second kappa shape index (κ2) is 4.67. The highest BCUT2D eigenvalue weighted by atomic mass is 35.5. The van der Waals surface area contributed by atoms with Crippen LogP contribution in [0.4, 0.5) is 0 Å². The van der Waals surface area contributed by atoms with Crippen LogP contribution in [0.3, 0.4) is 0 Å². The van der Waals surface area contributed by atoms with E-state index in [-0.39, 0.29) is 0 Å². The minimum absolute atomic E-state index is 0.399. The summed E-state index contributed by atoms with van der Waals surface area (Å²) in [5.74, 6) is -1.19. The van der Waals surface area contributed by atoms with Gasteiger partial charge in [-0.1, -0.05) is 36.2 Å². The molecule has 1 rings (SSSR count). The predicted molar refractivity (Wildman–Crippen MR) is 61.4 cm³/mol. The molecule has 3 heteroatoms. The van der Waals surface area contributed by atoms with E-state index in [2.05, 4.69) is 0 Å². The normalized spacial score (nSPS) is 12.5. The van der Waals surface area contributed by atoms with Gasteiger partial charge in [-0.05, 0) is 31.4 Å². The number of carboxylic acids is 1. The van der Waals surface area contributed by atoms with Crippen molar-refractivity contribution in [3.63, 3.8) is 0 Å². The van der Waals surface area contributed by atoms with E-state index < -0.39 is 11.9 Å². The van der Waals surface area contributed by atoms with Crippen LogP contribution >= 0.6 is 11.6 Å². The molecular weight excluding hydrogens is 212 g/mol. The van der Waals surface area contributed by atoms with Gasteiger partial charge in [0, 0.05) is 5.02 Å². The van der Waals surface area contributed by atoms with E-state index in [9.17, 15) is 4.79 Å². The summed E-state index contributed by atoms with van der Waals surface area (Å²) in [6.45, 7) is 5.61. The van der Waals surface area contributed by atoms with Gasteiger partial charge in [0.05, 0.1) is 5.92 Å². The quantitative estimate of drug-likeness (QED) is 0.859.